The monoisotopic (exact) mass is 267 g/mol. The van der Waals surface area contributed by atoms with Crippen molar-refractivity contribution >= 4 is 23.1 Å². The van der Waals surface area contributed by atoms with E-state index in [0.29, 0.717) is 16.9 Å². The third kappa shape index (κ3) is 3.52. The van der Waals surface area contributed by atoms with E-state index >= 15 is 0 Å². The number of hydrogen-bond acceptors (Lipinski definition) is 3. The summed E-state index contributed by atoms with van der Waals surface area (Å²) in [5.41, 5.74) is 6.57. The van der Waals surface area contributed by atoms with E-state index in [9.17, 15) is 0 Å². The third-order valence-corrected chi connectivity index (χ3v) is 3.99. The molecule has 0 aliphatic heterocycles. The van der Waals surface area contributed by atoms with E-state index < -0.39 is 0 Å². The number of pyridine rings is 1. The van der Waals surface area contributed by atoms with Gasteiger partial charge < -0.3 is 11.1 Å². The molecule has 3 N–H and O–H groups in total. The number of nitrogens with one attached hydrogen (secondary N) is 1. The number of nitrogens with zero attached hydrogens (tertiary/aromatic N) is 1. The second kappa shape index (κ2) is 6.28. The lowest BCUT2D eigenvalue weighted by molar-refractivity contribution is 0.318. The van der Waals surface area contributed by atoms with Crippen molar-refractivity contribution in [1.82, 2.24) is 4.98 Å². The van der Waals surface area contributed by atoms with Crippen LogP contribution in [0.5, 0.6) is 0 Å². The highest BCUT2D eigenvalue weighted by Crippen LogP contribution is 2.30. The van der Waals surface area contributed by atoms with Gasteiger partial charge in [0.2, 0.25) is 0 Å². The Balaban J connectivity index is 1.89. The topological polar surface area (TPSA) is 50.9 Å². The lowest BCUT2D eigenvalue weighted by atomic mass is 9.83. The normalized spacial score (nSPS) is 23.9. The van der Waals surface area contributed by atoms with Crippen LogP contribution in [0, 0.1) is 5.92 Å². The molecule has 1 aromatic heterocycles. The summed E-state index contributed by atoms with van der Waals surface area (Å²) >= 11 is 5.89. The quantitative estimate of drug-likeness (QED) is 0.808. The lowest BCUT2D eigenvalue weighted by Crippen LogP contribution is -2.26. The van der Waals surface area contributed by atoms with Gasteiger partial charge in [-0.25, -0.2) is 4.98 Å². The molecule has 1 aliphatic carbocycles. The predicted octanol–water partition coefficient (Wildman–Crippen LogP) is 4.09. The van der Waals surface area contributed by atoms with Crippen LogP contribution in [0.1, 0.15) is 45.4 Å². The van der Waals surface area contributed by atoms with Gasteiger partial charge in [-0.3, -0.25) is 0 Å². The summed E-state index contributed by atoms with van der Waals surface area (Å²) in [5, 5.41) is 3.92. The van der Waals surface area contributed by atoms with Gasteiger partial charge in [-0.15, -0.1) is 0 Å². The van der Waals surface area contributed by atoms with Crippen LogP contribution in [0.25, 0.3) is 0 Å². The molecule has 2 rings (SSSR count). The predicted molar refractivity (Wildman–Crippen MR) is 77.9 cm³/mol. The van der Waals surface area contributed by atoms with Crippen molar-refractivity contribution in [1.29, 1.82) is 0 Å². The molecule has 100 valence electrons. The Labute approximate surface area is 114 Å². The highest BCUT2D eigenvalue weighted by molar-refractivity contribution is 6.29. The largest absolute Gasteiger partial charge is 0.396 e. The smallest absolute Gasteiger partial charge is 0.151 e. The van der Waals surface area contributed by atoms with Gasteiger partial charge in [0, 0.05) is 6.04 Å². The highest BCUT2D eigenvalue weighted by Gasteiger charge is 2.21. The Morgan fingerprint density at radius 2 is 2.06 bits per heavy atom. The minimum Gasteiger partial charge on any atom is -0.396 e. The summed E-state index contributed by atoms with van der Waals surface area (Å²) in [4.78, 5) is 4.25. The van der Waals surface area contributed by atoms with Gasteiger partial charge in [0.25, 0.3) is 0 Å². The van der Waals surface area contributed by atoms with E-state index in [0.717, 1.165) is 11.7 Å². The molecule has 0 saturated heterocycles. The van der Waals surface area contributed by atoms with E-state index in [-0.39, 0.29) is 0 Å². The fraction of sp³-hybridized carbons (Fsp3) is 0.643. The van der Waals surface area contributed by atoms with Gasteiger partial charge in [-0.1, -0.05) is 31.4 Å². The van der Waals surface area contributed by atoms with Gasteiger partial charge in [0.05, 0.1) is 5.69 Å². The summed E-state index contributed by atoms with van der Waals surface area (Å²) in [6, 6.07) is 4.02. The summed E-state index contributed by atoms with van der Waals surface area (Å²) in [7, 11) is 0. The summed E-state index contributed by atoms with van der Waals surface area (Å²) in [6.07, 6.45) is 7.70. The molecule has 1 heterocycles. The fourth-order valence-electron chi connectivity index (χ4n) is 2.76. The summed E-state index contributed by atoms with van der Waals surface area (Å²) in [6.45, 7) is 2.26. The molecule has 1 aromatic rings. The molecule has 0 atom stereocenters. The second-order valence-corrected chi connectivity index (χ2v) is 5.61. The fourth-order valence-corrected chi connectivity index (χ4v) is 2.91. The minimum atomic E-state index is 0.492. The average Bonchev–Trinajstić information content (AvgIpc) is 2.37. The first-order valence-electron chi connectivity index (χ1n) is 6.87. The van der Waals surface area contributed by atoms with Gasteiger partial charge >= 0.3 is 0 Å². The number of anilines is 2. The SMILES string of the molecule is CCCC1CCC(Nc2nc(Cl)ccc2N)CC1. The van der Waals surface area contributed by atoms with Crippen LogP contribution in [0.3, 0.4) is 0 Å². The van der Waals surface area contributed by atoms with Crippen molar-refractivity contribution in [3.8, 4) is 0 Å². The first kappa shape index (κ1) is 13.5. The van der Waals surface area contributed by atoms with Crippen LogP contribution in [-0.4, -0.2) is 11.0 Å². The number of hydrogen-bond donors (Lipinski definition) is 2. The molecule has 0 bridgehead atoms. The van der Waals surface area contributed by atoms with Gasteiger partial charge in [0.1, 0.15) is 5.15 Å². The Kier molecular flexibility index (Phi) is 4.70. The van der Waals surface area contributed by atoms with E-state index in [2.05, 4.69) is 17.2 Å². The first-order valence-corrected chi connectivity index (χ1v) is 7.25. The van der Waals surface area contributed by atoms with Crippen LogP contribution in [0.4, 0.5) is 11.5 Å². The maximum Gasteiger partial charge on any atom is 0.151 e. The van der Waals surface area contributed by atoms with Gasteiger partial charge in [0.15, 0.2) is 5.82 Å². The van der Waals surface area contributed by atoms with Gasteiger partial charge in [-0.2, -0.15) is 0 Å². The molecular weight excluding hydrogens is 246 g/mol. The van der Waals surface area contributed by atoms with Crippen molar-refractivity contribution in [2.45, 2.75) is 51.5 Å². The summed E-state index contributed by atoms with van der Waals surface area (Å²) in [5.74, 6) is 1.65. The van der Waals surface area contributed by atoms with Crippen LogP contribution < -0.4 is 11.1 Å². The maximum absolute atomic E-state index is 5.90. The first-order chi connectivity index (χ1) is 8.69. The van der Waals surface area contributed by atoms with Crippen LogP contribution in [0.2, 0.25) is 5.15 Å². The highest BCUT2D eigenvalue weighted by atomic mass is 35.5. The molecule has 0 unspecified atom stereocenters. The number of nitrogens with two attached hydrogens (primary N) is 1. The van der Waals surface area contributed by atoms with Crippen LogP contribution in [0.15, 0.2) is 12.1 Å². The number of halogens is 1. The Bertz CT molecular complexity index is 387. The van der Waals surface area contributed by atoms with Crippen molar-refractivity contribution in [3.63, 3.8) is 0 Å². The Hall–Kier alpha value is -0.960. The standard InChI is InChI=1S/C14H22ClN3/c1-2-3-10-4-6-11(7-5-10)17-14-12(16)8-9-13(15)18-14/h8-11H,2-7,16H2,1H3,(H,17,18). The Morgan fingerprint density at radius 3 is 2.72 bits per heavy atom. The number of aromatic nitrogens is 1. The zero-order valence-corrected chi connectivity index (χ0v) is 11.7. The molecule has 0 aromatic carbocycles. The summed E-state index contributed by atoms with van der Waals surface area (Å²) < 4.78 is 0. The lowest BCUT2D eigenvalue weighted by Gasteiger charge is -2.29. The maximum atomic E-state index is 5.90. The molecule has 1 fully saturated rings. The van der Waals surface area contributed by atoms with Crippen molar-refractivity contribution < 1.29 is 0 Å². The molecule has 0 spiro atoms. The molecule has 0 radical (unpaired) electrons. The van der Waals surface area contributed by atoms with E-state index in [1.807, 2.05) is 0 Å². The molecule has 4 heteroatoms. The Morgan fingerprint density at radius 1 is 1.33 bits per heavy atom. The third-order valence-electron chi connectivity index (χ3n) is 3.78. The molecule has 18 heavy (non-hydrogen) atoms. The van der Waals surface area contributed by atoms with Crippen molar-refractivity contribution in [3.05, 3.63) is 17.3 Å². The zero-order chi connectivity index (χ0) is 13.0. The van der Waals surface area contributed by atoms with Gasteiger partial charge in [-0.05, 0) is 43.7 Å². The molecule has 1 aliphatic rings. The number of rotatable bonds is 4. The van der Waals surface area contributed by atoms with Crippen LogP contribution in [-0.2, 0) is 0 Å². The average molecular weight is 268 g/mol. The molecular formula is C14H22ClN3. The van der Waals surface area contributed by atoms with E-state index in [4.69, 9.17) is 17.3 Å². The molecule has 0 amide bonds. The van der Waals surface area contributed by atoms with E-state index in [1.165, 1.54) is 38.5 Å². The minimum absolute atomic E-state index is 0.492. The van der Waals surface area contributed by atoms with Crippen LogP contribution >= 0.6 is 11.6 Å². The number of nitrogen functional groups attached to an aromatic ring is 1. The second-order valence-electron chi connectivity index (χ2n) is 5.22. The molecule has 3 nitrogen and oxygen atoms in total. The van der Waals surface area contributed by atoms with Crippen molar-refractivity contribution in [2.24, 2.45) is 5.92 Å². The molecule has 1 saturated carbocycles. The zero-order valence-electron chi connectivity index (χ0n) is 11.0. The van der Waals surface area contributed by atoms with Crippen molar-refractivity contribution in [2.75, 3.05) is 11.1 Å². The van der Waals surface area contributed by atoms with E-state index in [1.54, 1.807) is 12.1 Å².